The third-order valence-electron chi connectivity index (χ3n) is 2.34. The molecule has 1 aromatic carbocycles. The van der Waals surface area contributed by atoms with Gasteiger partial charge >= 0.3 is 12.7 Å². The maximum absolute atomic E-state index is 11.8. The lowest BCUT2D eigenvalue weighted by molar-refractivity contribution is -0.136. The van der Waals surface area contributed by atoms with E-state index in [-0.39, 0.29) is 12.2 Å². The number of carbonyl (C=O) groups excluding carboxylic acids is 1. The summed E-state index contributed by atoms with van der Waals surface area (Å²) in [5, 5.41) is 9.15. The molecule has 0 radical (unpaired) electrons. The molecule has 0 aromatic heterocycles. The van der Waals surface area contributed by atoms with Gasteiger partial charge in [-0.1, -0.05) is 12.1 Å². The number of benzene rings is 1. The number of nitrogens with two attached hydrogens (primary N) is 1. The Hall–Kier alpha value is -0.980. The van der Waals surface area contributed by atoms with Crippen molar-refractivity contribution in [3.63, 3.8) is 0 Å². The Morgan fingerprint density at radius 2 is 1.89 bits per heavy atom. The molecule has 0 bridgehead atoms. The van der Waals surface area contributed by atoms with Crippen LogP contribution in [0.2, 0.25) is 0 Å². The molecule has 3 N–H and O–H groups in total. The maximum Gasteiger partial charge on any atom is 0.382 e. The van der Waals surface area contributed by atoms with E-state index in [1.54, 1.807) is 12.1 Å². The highest BCUT2D eigenvalue weighted by Gasteiger charge is 2.26. The van der Waals surface area contributed by atoms with E-state index in [2.05, 4.69) is 0 Å². The van der Waals surface area contributed by atoms with Crippen LogP contribution < -0.4 is 5.73 Å². The Balaban J connectivity index is 2.63. The molecule has 1 aromatic rings. The van der Waals surface area contributed by atoms with Crippen molar-refractivity contribution in [3.8, 4) is 5.75 Å². The molecule has 0 saturated heterocycles. The largest absolute Gasteiger partial charge is 0.508 e. The average molecular weight is 305 g/mol. The molecule has 0 fully saturated rings. The fourth-order valence-electron chi connectivity index (χ4n) is 1.30. The van der Waals surface area contributed by atoms with Crippen LogP contribution in [0.25, 0.3) is 0 Å². The first kappa shape index (κ1) is 16.1. The first-order chi connectivity index (χ1) is 8.90. The predicted octanol–water partition coefficient (Wildman–Crippen LogP) is 1.32. The van der Waals surface area contributed by atoms with Crippen LogP contribution in [0.15, 0.2) is 24.3 Å². The van der Waals surface area contributed by atoms with Crippen molar-refractivity contribution in [2.24, 2.45) is 5.73 Å². The molecule has 8 heteroatoms. The van der Waals surface area contributed by atoms with Crippen molar-refractivity contribution in [1.82, 2.24) is 0 Å². The summed E-state index contributed by atoms with van der Waals surface area (Å²) in [6.45, 7) is -3.04. The molecule has 106 valence electrons. The smallest absolute Gasteiger partial charge is 0.382 e. The monoisotopic (exact) mass is 305 g/mol. The number of carbonyl (C=O) groups is 1. The van der Waals surface area contributed by atoms with Crippen LogP contribution in [0.5, 0.6) is 5.75 Å². The van der Waals surface area contributed by atoms with Crippen molar-refractivity contribution in [3.05, 3.63) is 29.8 Å². The molecule has 0 spiro atoms. The van der Waals surface area contributed by atoms with Gasteiger partial charge in [-0.25, -0.2) is 0 Å². The van der Waals surface area contributed by atoms with Crippen LogP contribution in [0.1, 0.15) is 5.56 Å². The second kappa shape index (κ2) is 6.98. The second-order valence-electron chi connectivity index (χ2n) is 3.70. The van der Waals surface area contributed by atoms with Crippen LogP contribution in [0.3, 0.4) is 0 Å². The molecular formula is C11H16NO5PS. The number of phenols is 1. The summed E-state index contributed by atoms with van der Waals surface area (Å²) in [6.07, 6.45) is 0.266. The zero-order valence-electron chi connectivity index (χ0n) is 10.6. The highest BCUT2D eigenvalue weighted by molar-refractivity contribution is 8.07. The van der Waals surface area contributed by atoms with Crippen molar-refractivity contribution >= 4 is 24.5 Å². The number of hydrogen-bond donors (Lipinski definition) is 2. The van der Waals surface area contributed by atoms with Gasteiger partial charge in [0.25, 0.3) is 0 Å². The van der Waals surface area contributed by atoms with Gasteiger partial charge < -0.3 is 24.4 Å². The second-order valence-corrected chi connectivity index (χ2v) is 6.85. The Morgan fingerprint density at radius 3 is 2.37 bits per heavy atom. The lowest BCUT2D eigenvalue weighted by Gasteiger charge is -2.19. The highest BCUT2D eigenvalue weighted by atomic mass is 32.5. The molecular weight excluding hydrogens is 289 g/mol. The van der Waals surface area contributed by atoms with Gasteiger partial charge in [0, 0.05) is 26.0 Å². The van der Waals surface area contributed by atoms with Crippen LogP contribution in [0.4, 0.5) is 0 Å². The number of rotatable bonds is 6. The van der Waals surface area contributed by atoms with E-state index in [0.29, 0.717) is 0 Å². The Bertz CT molecular complexity index is 470. The summed E-state index contributed by atoms with van der Waals surface area (Å²) in [6, 6.07) is 5.50. The number of phenolic OH excluding ortho intramolecular Hbond substituents is 1. The molecule has 0 saturated carbocycles. The van der Waals surface area contributed by atoms with Crippen LogP contribution in [-0.2, 0) is 36.6 Å². The van der Waals surface area contributed by atoms with Crippen molar-refractivity contribution in [1.29, 1.82) is 0 Å². The molecule has 0 aliphatic heterocycles. The Morgan fingerprint density at radius 1 is 1.37 bits per heavy atom. The van der Waals surface area contributed by atoms with Crippen molar-refractivity contribution in [2.45, 2.75) is 12.5 Å². The van der Waals surface area contributed by atoms with Crippen molar-refractivity contribution < 1.29 is 23.5 Å². The van der Waals surface area contributed by atoms with E-state index in [9.17, 15) is 4.79 Å². The van der Waals surface area contributed by atoms with Gasteiger partial charge in [0.15, 0.2) is 0 Å². The minimum absolute atomic E-state index is 0.147. The lowest BCUT2D eigenvalue weighted by Crippen LogP contribution is -2.34. The summed E-state index contributed by atoms with van der Waals surface area (Å²) in [5.41, 5.74) is 6.52. The van der Waals surface area contributed by atoms with Crippen molar-refractivity contribution in [2.75, 3.05) is 14.2 Å². The molecule has 1 atom stereocenters. The number of hydrogen-bond acceptors (Lipinski definition) is 7. The normalized spacial score (nSPS) is 13.0. The Kier molecular flexibility index (Phi) is 5.90. The van der Waals surface area contributed by atoms with Gasteiger partial charge in [0.1, 0.15) is 11.8 Å². The lowest BCUT2D eigenvalue weighted by atomic mass is 10.1. The first-order valence-electron chi connectivity index (χ1n) is 5.38. The van der Waals surface area contributed by atoms with E-state index in [0.717, 1.165) is 5.56 Å². The van der Waals surface area contributed by atoms with Gasteiger partial charge in [-0.3, -0.25) is 4.79 Å². The number of aromatic hydroxyl groups is 1. The molecule has 0 aliphatic rings. The van der Waals surface area contributed by atoms with E-state index < -0.39 is 18.7 Å². The highest BCUT2D eigenvalue weighted by Crippen LogP contribution is 2.48. The first-order valence-corrected chi connectivity index (χ1v) is 7.94. The minimum Gasteiger partial charge on any atom is -0.508 e. The van der Waals surface area contributed by atoms with E-state index >= 15 is 0 Å². The van der Waals surface area contributed by atoms with Crippen LogP contribution in [0, 0.1) is 0 Å². The van der Waals surface area contributed by atoms with Crippen LogP contribution in [-0.4, -0.2) is 31.3 Å². The zero-order valence-corrected chi connectivity index (χ0v) is 12.3. The molecule has 0 amide bonds. The molecule has 19 heavy (non-hydrogen) atoms. The fraction of sp³-hybridized carbons (Fsp3) is 0.364. The maximum atomic E-state index is 11.8. The molecule has 6 nitrogen and oxygen atoms in total. The fourth-order valence-corrected chi connectivity index (χ4v) is 2.17. The molecule has 0 unspecified atom stereocenters. The third-order valence-corrected chi connectivity index (χ3v) is 4.76. The van der Waals surface area contributed by atoms with Gasteiger partial charge in [-0.05, 0) is 24.1 Å². The molecule has 0 aliphatic carbocycles. The Labute approximate surface area is 116 Å². The quantitative estimate of drug-likeness (QED) is 0.766. The summed E-state index contributed by atoms with van der Waals surface area (Å²) >= 11 is 4.92. The summed E-state index contributed by atoms with van der Waals surface area (Å²) in [5.74, 6) is -0.533. The summed E-state index contributed by atoms with van der Waals surface area (Å²) < 4.78 is 14.7. The molecule has 0 heterocycles. The predicted molar refractivity (Wildman–Crippen MR) is 74.2 cm³/mol. The molecule has 1 rings (SSSR count). The minimum atomic E-state index is -3.04. The third kappa shape index (κ3) is 4.89. The summed E-state index contributed by atoms with van der Waals surface area (Å²) in [4.78, 5) is 11.8. The van der Waals surface area contributed by atoms with Gasteiger partial charge in [-0.2, -0.15) is 0 Å². The van der Waals surface area contributed by atoms with Gasteiger partial charge in [0.2, 0.25) is 0 Å². The average Bonchev–Trinajstić information content (AvgIpc) is 2.41. The summed E-state index contributed by atoms with van der Waals surface area (Å²) in [7, 11) is 2.62. The standard InChI is InChI=1S/C11H16NO5PS/c1-15-18(19,16-2)17-11(14)10(12)7-8-3-5-9(13)6-4-8/h3-6,10,13H,7,12H2,1-2H3/t10-/m0/s1. The van der Waals surface area contributed by atoms with E-state index in [4.69, 9.17) is 36.2 Å². The van der Waals surface area contributed by atoms with Gasteiger partial charge in [0.05, 0.1) is 0 Å². The zero-order chi connectivity index (χ0) is 14.5. The topological polar surface area (TPSA) is 91.0 Å². The van der Waals surface area contributed by atoms with Crippen LogP contribution >= 0.6 is 6.72 Å². The SMILES string of the molecule is COP(=S)(OC)OC(=O)[C@@H](N)Cc1ccc(O)cc1. The van der Waals surface area contributed by atoms with E-state index in [1.165, 1.54) is 26.4 Å². The van der Waals surface area contributed by atoms with Gasteiger partial charge in [-0.15, -0.1) is 0 Å². The van der Waals surface area contributed by atoms with E-state index in [1.807, 2.05) is 0 Å².